The third kappa shape index (κ3) is 3.19. The van der Waals surface area contributed by atoms with E-state index in [-0.39, 0.29) is 5.91 Å². The van der Waals surface area contributed by atoms with E-state index in [0.717, 1.165) is 0 Å². The third-order valence-corrected chi connectivity index (χ3v) is 2.78. The van der Waals surface area contributed by atoms with Gasteiger partial charge in [-0.15, -0.1) is 0 Å². The number of carbonyl (C=O) groups excluding carboxylic acids is 1. The topological polar surface area (TPSA) is 69.6 Å². The van der Waals surface area contributed by atoms with E-state index in [1.807, 2.05) is 6.07 Å². The van der Waals surface area contributed by atoms with Gasteiger partial charge in [-0.05, 0) is 18.2 Å². The molecule has 3 N–H and O–H groups in total. The number of aliphatic hydroxyl groups excluding tert-OH is 2. The lowest BCUT2D eigenvalue weighted by molar-refractivity contribution is 0.0956. The van der Waals surface area contributed by atoms with Gasteiger partial charge in [-0.1, -0.05) is 36.4 Å². The smallest absolute Gasteiger partial charge is 0.255 e. The zero-order chi connectivity index (χ0) is 13.7. The molecule has 0 aliphatic heterocycles. The van der Waals surface area contributed by atoms with Crippen molar-refractivity contribution in [2.75, 3.05) is 11.9 Å². The molecule has 0 aliphatic rings. The summed E-state index contributed by atoms with van der Waals surface area (Å²) in [6.07, 6.45) is -1.01. The van der Waals surface area contributed by atoms with Crippen LogP contribution in [-0.4, -0.2) is 22.7 Å². The molecule has 0 aromatic heterocycles. The van der Waals surface area contributed by atoms with Crippen LogP contribution in [0.4, 0.5) is 5.69 Å². The molecule has 2 aromatic rings. The number of benzene rings is 2. The van der Waals surface area contributed by atoms with E-state index in [4.69, 9.17) is 5.11 Å². The standard InChI is InChI=1S/C15H15NO3/c17-10-14(18)12-8-4-5-9-13(12)16-15(19)11-6-2-1-3-7-11/h1-9,14,17-18H,10H2,(H,16,19). The van der Waals surface area contributed by atoms with Gasteiger partial charge in [0.25, 0.3) is 5.91 Å². The molecule has 98 valence electrons. The van der Waals surface area contributed by atoms with Crippen LogP contribution in [0.25, 0.3) is 0 Å². The van der Waals surface area contributed by atoms with E-state index in [0.29, 0.717) is 16.8 Å². The Kier molecular flexibility index (Phi) is 4.28. The summed E-state index contributed by atoms with van der Waals surface area (Å²) in [4.78, 5) is 12.0. The van der Waals surface area contributed by atoms with E-state index in [1.165, 1.54) is 0 Å². The molecular weight excluding hydrogens is 242 g/mol. The number of para-hydroxylation sites is 1. The number of carbonyl (C=O) groups is 1. The van der Waals surface area contributed by atoms with Gasteiger partial charge in [-0.2, -0.15) is 0 Å². The van der Waals surface area contributed by atoms with Crippen molar-refractivity contribution in [1.82, 2.24) is 0 Å². The Labute approximate surface area is 111 Å². The van der Waals surface area contributed by atoms with Gasteiger partial charge >= 0.3 is 0 Å². The lowest BCUT2D eigenvalue weighted by atomic mass is 10.1. The van der Waals surface area contributed by atoms with Crippen LogP contribution in [0.3, 0.4) is 0 Å². The predicted molar refractivity (Wildman–Crippen MR) is 72.9 cm³/mol. The van der Waals surface area contributed by atoms with Gasteiger partial charge in [0.15, 0.2) is 0 Å². The Morgan fingerprint density at radius 1 is 1.05 bits per heavy atom. The lowest BCUT2D eigenvalue weighted by Crippen LogP contribution is -2.15. The second-order valence-corrected chi connectivity index (χ2v) is 4.11. The van der Waals surface area contributed by atoms with Gasteiger partial charge in [-0.25, -0.2) is 0 Å². The molecule has 4 heteroatoms. The second-order valence-electron chi connectivity index (χ2n) is 4.11. The van der Waals surface area contributed by atoms with Crippen molar-refractivity contribution in [3.05, 3.63) is 65.7 Å². The summed E-state index contributed by atoms with van der Waals surface area (Å²) in [5.74, 6) is -0.252. The lowest BCUT2D eigenvalue weighted by Gasteiger charge is -2.14. The predicted octanol–water partition coefficient (Wildman–Crippen LogP) is 1.96. The van der Waals surface area contributed by atoms with Crippen LogP contribution in [0, 0.1) is 0 Å². The first-order valence-corrected chi connectivity index (χ1v) is 5.96. The first-order valence-electron chi connectivity index (χ1n) is 5.96. The number of hydrogen-bond acceptors (Lipinski definition) is 3. The summed E-state index contributed by atoms with van der Waals surface area (Å²) in [6, 6.07) is 15.7. The van der Waals surface area contributed by atoms with Gasteiger partial charge in [0.1, 0.15) is 6.10 Å². The number of nitrogens with one attached hydrogen (secondary N) is 1. The number of rotatable bonds is 4. The maximum absolute atomic E-state index is 12.0. The Morgan fingerprint density at radius 3 is 2.37 bits per heavy atom. The quantitative estimate of drug-likeness (QED) is 0.784. The molecule has 0 spiro atoms. The van der Waals surface area contributed by atoms with E-state index in [9.17, 15) is 9.90 Å². The highest BCUT2D eigenvalue weighted by atomic mass is 16.3. The largest absolute Gasteiger partial charge is 0.393 e. The number of hydrogen-bond donors (Lipinski definition) is 3. The SMILES string of the molecule is O=C(Nc1ccccc1C(O)CO)c1ccccc1. The van der Waals surface area contributed by atoms with Crippen molar-refractivity contribution < 1.29 is 15.0 Å². The van der Waals surface area contributed by atoms with Crippen LogP contribution in [0.15, 0.2) is 54.6 Å². The average molecular weight is 257 g/mol. The van der Waals surface area contributed by atoms with Crippen LogP contribution in [0.2, 0.25) is 0 Å². The summed E-state index contributed by atoms with van der Waals surface area (Å²) in [7, 11) is 0. The maximum Gasteiger partial charge on any atom is 0.255 e. The first kappa shape index (κ1) is 13.3. The minimum absolute atomic E-state index is 0.252. The second kappa shape index (κ2) is 6.13. The van der Waals surface area contributed by atoms with E-state index >= 15 is 0 Å². The van der Waals surface area contributed by atoms with Crippen molar-refractivity contribution in [1.29, 1.82) is 0 Å². The highest BCUT2D eigenvalue weighted by Gasteiger charge is 2.13. The van der Waals surface area contributed by atoms with Crippen LogP contribution in [0.5, 0.6) is 0 Å². The molecule has 2 rings (SSSR count). The molecule has 0 saturated heterocycles. The summed E-state index contributed by atoms with van der Waals surface area (Å²) in [5, 5.41) is 21.4. The maximum atomic E-state index is 12.0. The van der Waals surface area contributed by atoms with Crippen LogP contribution >= 0.6 is 0 Å². The summed E-state index contributed by atoms with van der Waals surface area (Å²) in [6.45, 7) is -0.391. The summed E-state index contributed by atoms with van der Waals surface area (Å²) >= 11 is 0. The normalized spacial score (nSPS) is 11.9. The molecule has 0 fully saturated rings. The molecule has 19 heavy (non-hydrogen) atoms. The van der Waals surface area contributed by atoms with Crippen molar-refractivity contribution in [2.45, 2.75) is 6.10 Å². The fourth-order valence-corrected chi connectivity index (χ4v) is 1.78. The molecule has 4 nitrogen and oxygen atoms in total. The highest BCUT2D eigenvalue weighted by Crippen LogP contribution is 2.22. The molecule has 0 saturated carbocycles. The van der Waals surface area contributed by atoms with E-state index < -0.39 is 12.7 Å². The van der Waals surface area contributed by atoms with Gasteiger partial charge in [0.05, 0.1) is 6.61 Å². The molecule has 1 amide bonds. The van der Waals surface area contributed by atoms with Gasteiger partial charge in [-0.3, -0.25) is 4.79 Å². The van der Waals surface area contributed by atoms with Crippen molar-refractivity contribution in [3.8, 4) is 0 Å². The molecule has 1 unspecified atom stereocenters. The van der Waals surface area contributed by atoms with E-state index in [2.05, 4.69) is 5.32 Å². The fraction of sp³-hybridized carbons (Fsp3) is 0.133. The summed E-state index contributed by atoms with van der Waals surface area (Å²) < 4.78 is 0. The molecular formula is C15H15NO3. The Morgan fingerprint density at radius 2 is 1.68 bits per heavy atom. The minimum Gasteiger partial charge on any atom is -0.393 e. The van der Waals surface area contributed by atoms with Gasteiger partial charge in [0, 0.05) is 16.8 Å². The average Bonchev–Trinajstić information content (AvgIpc) is 2.48. The molecule has 0 bridgehead atoms. The zero-order valence-corrected chi connectivity index (χ0v) is 10.3. The van der Waals surface area contributed by atoms with Crippen molar-refractivity contribution in [2.24, 2.45) is 0 Å². The Balaban J connectivity index is 2.22. The highest BCUT2D eigenvalue weighted by molar-refractivity contribution is 6.04. The minimum atomic E-state index is -1.01. The Bertz CT molecular complexity index is 554. The molecule has 0 aliphatic carbocycles. The monoisotopic (exact) mass is 257 g/mol. The van der Waals surface area contributed by atoms with Crippen LogP contribution in [0.1, 0.15) is 22.0 Å². The molecule has 0 radical (unpaired) electrons. The molecule has 1 atom stereocenters. The van der Waals surface area contributed by atoms with Crippen molar-refractivity contribution in [3.63, 3.8) is 0 Å². The fourth-order valence-electron chi connectivity index (χ4n) is 1.78. The van der Waals surface area contributed by atoms with Gasteiger partial charge < -0.3 is 15.5 Å². The Hall–Kier alpha value is -2.17. The number of anilines is 1. The van der Waals surface area contributed by atoms with E-state index in [1.54, 1.807) is 48.5 Å². The van der Waals surface area contributed by atoms with Gasteiger partial charge in [0.2, 0.25) is 0 Å². The zero-order valence-electron chi connectivity index (χ0n) is 10.3. The number of aliphatic hydroxyl groups is 2. The third-order valence-electron chi connectivity index (χ3n) is 2.78. The molecule has 2 aromatic carbocycles. The van der Waals surface area contributed by atoms with Crippen molar-refractivity contribution >= 4 is 11.6 Å². The molecule has 0 heterocycles. The van der Waals surface area contributed by atoms with Crippen LogP contribution in [-0.2, 0) is 0 Å². The first-order chi connectivity index (χ1) is 9.22. The van der Waals surface area contributed by atoms with Crippen LogP contribution < -0.4 is 5.32 Å². The number of amides is 1. The summed E-state index contributed by atoms with van der Waals surface area (Å²) in [5.41, 5.74) is 1.53.